The van der Waals surface area contributed by atoms with E-state index in [1.165, 1.54) is 0 Å². The number of carbonyl (C=O) groups is 1. The Morgan fingerprint density at radius 3 is 2.72 bits per heavy atom. The molecule has 0 fully saturated rings. The Morgan fingerprint density at radius 2 is 2.11 bits per heavy atom. The first-order chi connectivity index (χ1) is 8.56. The Balaban J connectivity index is 2.15. The van der Waals surface area contributed by atoms with Crippen molar-refractivity contribution in [2.45, 2.75) is 12.5 Å². The Kier molecular flexibility index (Phi) is 3.78. The van der Waals surface area contributed by atoms with Crippen LogP contribution in [0.5, 0.6) is 0 Å². The van der Waals surface area contributed by atoms with Gasteiger partial charge in [-0.25, -0.2) is 4.98 Å². The van der Waals surface area contributed by atoms with Crippen molar-refractivity contribution >= 4 is 21.9 Å². The van der Waals surface area contributed by atoms with Gasteiger partial charge in [-0.1, -0.05) is 15.9 Å². The fourth-order valence-corrected chi connectivity index (χ4v) is 1.80. The Labute approximate surface area is 112 Å². The number of aromatic nitrogens is 2. The molecule has 0 unspecified atom stereocenters. The molecule has 5 nitrogen and oxygen atoms in total. The van der Waals surface area contributed by atoms with Gasteiger partial charge in [0.25, 0.3) is 0 Å². The number of carboxylic acid groups (broad SMARTS) is 1. The molecule has 2 rings (SSSR count). The van der Waals surface area contributed by atoms with Gasteiger partial charge in [-0.2, -0.15) is 0 Å². The van der Waals surface area contributed by atoms with Crippen molar-refractivity contribution in [3.05, 3.63) is 47.0 Å². The number of rotatable bonds is 4. The molecule has 0 saturated heterocycles. The molecule has 0 aliphatic rings. The number of nitrogens with two attached hydrogens (primary N) is 1. The van der Waals surface area contributed by atoms with Crippen LogP contribution in [0.4, 0.5) is 0 Å². The van der Waals surface area contributed by atoms with Crippen LogP contribution in [0.3, 0.4) is 0 Å². The SMILES string of the molecule is N[C@@H](Cc1cn(-c2ccc(Br)cc2)cn1)C(=O)O. The van der Waals surface area contributed by atoms with E-state index in [-0.39, 0.29) is 6.42 Å². The lowest BCUT2D eigenvalue weighted by molar-refractivity contribution is -0.138. The molecule has 1 aromatic heterocycles. The quantitative estimate of drug-likeness (QED) is 0.898. The molecule has 0 saturated carbocycles. The molecule has 0 radical (unpaired) electrons. The van der Waals surface area contributed by atoms with Gasteiger partial charge >= 0.3 is 5.97 Å². The summed E-state index contributed by atoms with van der Waals surface area (Å²) < 4.78 is 2.83. The number of hydrogen-bond donors (Lipinski definition) is 2. The third kappa shape index (κ3) is 2.96. The van der Waals surface area contributed by atoms with Gasteiger partial charge in [-0.05, 0) is 24.3 Å². The highest BCUT2D eigenvalue weighted by molar-refractivity contribution is 9.10. The largest absolute Gasteiger partial charge is 0.480 e. The highest BCUT2D eigenvalue weighted by Crippen LogP contribution is 2.14. The molecule has 6 heteroatoms. The number of hydrogen-bond acceptors (Lipinski definition) is 3. The molecule has 2 aromatic rings. The summed E-state index contributed by atoms with van der Waals surface area (Å²) in [6, 6.07) is 6.81. The van der Waals surface area contributed by atoms with Gasteiger partial charge in [0.05, 0.1) is 12.0 Å². The third-order valence-electron chi connectivity index (χ3n) is 2.51. The van der Waals surface area contributed by atoms with E-state index in [4.69, 9.17) is 10.8 Å². The van der Waals surface area contributed by atoms with Crippen molar-refractivity contribution in [3.63, 3.8) is 0 Å². The number of nitrogens with zero attached hydrogens (tertiary/aromatic N) is 2. The fraction of sp³-hybridized carbons (Fsp3) is 0.167. The minimum atomic E-state index is -1.02. The van der Waals surface area contributed by atoms with E-state index in [0.29, 0.717) is 5.69 Å². The zero-order chi connectivity index (χ0) is 13.1. The maximum Gasteiger partial charge on any atom is 0.320 e. The fourth-order valence-electron chi connectivity index (χ4n) is 1.54. The maximum atomic E-state index is 10.7. The van der Waals surface area contributed by atoms with Crippen LogP contribution in [0.1, 0.15) is 5.69 Å². The van der Waals surface area contributed by atoms with E-state index in [9.17, 15) is 4.79 Å². The average Bonchev–Trinajstić information content (AvgIpc) is 2.78. The number of aliphatic carboxylic acids is 1. The first-order valence-electron chi connectivity index (χ1n) is 5.33. The Hall–Kier alpha value is -1.66. The second-order valence-electron chi connectivity index (χ2n) is 3.90. The van der Waals surface area contributed by atoms with Gasteiger partial charge in [0.1, 0.15) is 6.04 Å². The monoisotopic (exact) mass is 309 g/mol. The van der Waals surface area contributed by atoms with E-state index >= 15 is 0 Å². The Morgan fingerprint density at radius 1 is 1.44 bits per heavy atom. The Bertz CT molecular complexity index is 551. The van der Waals surface area contributed by atoms with Crippen LogP contribution in [-0.2, 0) is 11.2 Å². The summed E-state index contributed by atoms with van der Waals surface area (Å²) in [7, 11) is 0. The van der Waals surface area contributed by atoms with Gasteiger partial charge in [0, 0.05) is 22.8 Å². The number of benzene rings is 1. The molecule has 0 aliphatic heterocycles. The van der Waals surface area contributed by atoms with Gasteiger partial charge in [0.15, 0.2) is 0 Å². The van der Waals surface area contributed by atoms with Crippen LogP contribution < -0.4 is 5.73 Å². The smallest absolute Gasteiger partial charge is 0.320 e. The molecule has 0 amide bonds. The molecule has 0 bridgehead atoms. The summed E-state index contributed by atoms with van der Waals surface area (Å²) in [4.78, 5) is 14.8. The van der Waals surface area contributed by atoms with Crippen molar-refractivity contribution in [1.82, 2.24) is 9.55 Å². The third-order valence-corrected chi connectivity index (χ3v) is 3.04. The van der Waals surface area contributed by atoms with Crippen molar-refractivity contribution in [2.24, 2.45) is 5.73 Å². The summed E-state index contributed by atoms with van der Waals surface area (Å²) in [6.07, 6.45) is 3.65. The average molecular weight is 310 g/mol. The summed E-state index contributed by atoms with van der Waals surface area (Å²) in [6.45, 7) is 0. The highest BCUT2D eigenvalue weighted by Gasteiger charge is 2.13. The number of halogens is 1. The standard InChI is InChI=1S/C12H12BrN3O2/c13-8-1-3-10(4-2-8)16-6-9(15-7-16)5-11(14)12(17)18/h1-4,6-7,11H,5,14H2,(H,17,18)/t11-/m0/s1. The topological polar surface area (TPSA) is 81.1 Å². The highest BCUT2D eigenvalue weighted by atomic mass is 79.9. The van der Waals surface area contributed by atoms with Gasteiger partial charge in [0.2, 0.25) is 0 Å². The molecule has 94 valence electrons. The van der Waals surface area contributed by atoms with Crippen LogP contribution in [0.15, 0.2) is 41.3 Å². The first kappa shape index (κ1) is 12.8. The van der Waals surface area contributed by atoms with Crippen molar-refractivity contribution < 1.29 is 9.90 Å². The number of imidazole rings is 1. The second kappa shape index (κ2) is 5.32. The molecular weight excluding hydrogens is 298 g/mol. The lowest BCUT2D eigenvalue weighted by atomic mass is 10.2. The molecule has 3 N–H and O–H groups in total. The summed E-state index contributed by atoms with van der Waals surface area (Å²) in [5, 5.41) is 8.73. The lowest BCUT2D eigenvalue weighted by Crippen LogP contribution is -2.32. The molecule has 1 atom stereocenters. The molecular formula is C12H12BrN3O2. The van der Waals surface area contributed by atoms with E-state index in [1.807, 2.05) is 28.8 Å². The van der Waals surface area contributed by atoms with E-state index in [2.05, 4.69) is 20.9 Å². The van der Waals surface area contributed by atoms with E-state index in [0.717, 1.165) is 10.2 Å². The molecule has 1 heterocycles. The lowest BCUT2D eigenvalue weighted by Gasteiger charge is -2.03. The second-order valence-corrected chi connectivity index (χ2v) is 4.81. The van der Waals surface area contributed by atoms with Gasteiger partial charge in [-0.3, -0.25) is 4.79 Å². The van der Waals surface area contributed by atoms with Crippen LogP contribution in [0, 0.1) is 0 Å². The van der Waals surface area contributed by atoms with Crippen LogP contribution in [0.2, 0.25) is 0 Å². The number of carboxylic acids is 1. The summed E-state index contributed by atoms with van der Waals surface area (Å²) >= 11 is 3.37. The maximum absolute atomic E-state index is 10.7. The van der Waals surface area contributed by atoms with Gasteiger partial charge in [-0.15, -0.1) is 0 Å². The normalized spacial score (nSPS) is 12.3. The minimum absolute atomic E-state index is 0.221. The van der Waals surface area contributed by atoms with Gasteiger partial charge < -0.3 is 15.4 Å². The molecule has 0 spiro atoms. The predicted molar refractivity (Wildman–Crippen MR) is 70.6 cm³/mol. The first-order valence-corrected chi connectivity index (χ1v) is 6.13. The van der Waals surface area contributed by atoms with Crippen molar-refractivity contribution in [2.75, 3.05) is 0 Å². The molecule has 0 aliphatic carbocycles. The van der Waals surface area contributed by atoms with Crippen LogP contribution in [0.25, 0.3) is 5.69 Å². The predicted octanol–water partition coefficient (Wildman–Crippen LogP) is 1.59. The van der Waals surface area contributed by atoms with E-state index < -0.39 is 12.0 Å². The van der Waals surface area contributed by atoms with E-state index in [1.54, 1.807) is 12.5 Å². The minimum Gasteiger partial charge on any atom is -0.480 e. The zero-order valence-electron chi connectivity index (χ0n) is 9.45. The van der Waals surface area contributed by atoms with Crippen molar-refractivity contribution in [1.29, 1.82) is 0 Å². The summed E-state index contributed by atoms with van der Waals surface area (Å²) in [5.41, 5.74) is 7.08. The van der Waals surface area contributed by atoms with Crippen molar-refractivity contribution in [3.8, 4) is 5.69 Å². The summed E-state index contributed by atoms with van der Waals surface area (Å²) in [5.74, 6) is -1.02. The van der Waals surface area contributed by atoms with Crippen LogP contribution in [-0.4, -0.2) is 26.7 Å². The van der Waals surface area contributed by atoms with Crippen LogP contribution >= 0.6 is 15.9 Å². The molecule has 1 aromatic carbocycles. The molecule has 18 heavy (non-hydrogen) atoms. The zero-order valence-corrected chi connectivity index (χ0v) is 11.0.